The molecule has 0 aromatic heterocycles. The van der Waals surface area contributed by atoms with Gasteiger partial charge in [-0.2, -0.15) is 0 Å². The molecule has 0 N–H and O–H groups in total. The monoisotopic (exact) mass is 353 g/mol. The number of hydrogen-bond acceptors (Lipinski definition) is 4. The van der Waals surface area contributed by atoms with Crippen LogP contribution >= 0.6 is 0 Å². The van der Waals surface area contributed by atoms with Crippen molar-refractivity contribution in [1.29, 1.82) is 0 Å². The first-order chi connectivity index (χ1) is 12.5. The van der Waals surface area contributed by atoms with Gasteiger partial charge in [-0.25, -0.2) is 0 Å². The fourth-order valence-corrected chi connectivity index (χ4v) is 4.94. The second kappa shape index (κ2) is 6.45. The van der Waals surface area contributed by atoms with Gasteiger partial charge in [-0.05, 0) is 49.3 Å². The van der Waals surface area contributed by atoms with Crippen LogP contribution in [0.5, 0.6) is 0 Å². The lowest BCUT2D eigenvalue weighted by atomic mass is 9.82. The molecule has 1 saturated carbocycles. The molecule has 0 spiro atoms. The quantitative estimate of drug-likeness (QED) is 0.765. The fourth-order valence-electron chi connectivity index (χ4n) is 4.94. The number of allylic oxidation sites excluding steroid dienone is 2. The Bertz CT molecular complexity index is 765. The number of carboxylic acid groups (broad SMARTS) is 1. The highest BCUT2D eigenvalue weighted by Crippen LogP contribution is 2.48. The van der Waals surface area contributed by atoms with Crippen LogP contribution in [0.15, 0.2) is 30.4 Å². The molecular weight excluding hydrogens is 328 g/mol. The molecule has 3 aliphatic rings. The molecular formula is C21H25N2O3-. The van der Waals surface area contributed by atoms with Crippen LogP contribution < -0.4 is 10.0 Å². The number of amides is 1. The predicted octanol–water partition coefficient (Wildman–Crippen LogP) is 1.14. The van der Waals surface area contributed by atoms with Crippen molar-refractivity contribution in [3.05, 3.63) is 41.5 Å². The highest BCUT2D eigenvalue weighted by atomic mass is 16.4. The van der Waals surface area contributed by atoms with Crippen LogP contribution in [0, 0.1) is 37.5 Å². The van der Waals surface area contributed by atoms with Gasteiger partial charge in [0.25, 0.3) is 0 Å². The SMILES string of the molecule is Cc1cccc(N2CCN(C(=O)C3C4C=CC(C4)C3C(=O)[O-])CC2)c1C. The van der Waals surface area contributed by atoms with Crippen LogP contribution in [-0.4, -0.2) is 43.0 Å². The molecule has 5 nitrogen and oxygen atoms in total. The Kier molecular flexibility index (Phi) is 4.25. The van der Waals surface area contributed by atoms with E-state index in [1.54, 1.807) is 0 Å². The van der Waals surface area contributed by atoms with Crippen molar-refractivity contribution in [2.75, 3.05) is 31.1 Å². The Hall–Kier alpha value is -2.30. The molecule has 1 heterocycles. The third-order valence-electron chi connectivity index (χ3n) is 6.52. The number of fused-ring (bicyclic) bond motifs is 2. The van der Waals surface area contributed by atoms with Crippen molar-refractivity contribution < 1.29 is 14.7 Å². The van der Waals surface area contributed by atoms with Gasteiger partial charge in [0.15, 0.2) is 0 Å². The van der Waals surface area contributed by atoms with E-state index in [9.17, 15) is 14.7 Å². The number of piperazine rings is 1. The molecule has 4 unspecified atom stereocenters. The average Bonchev–Trinajstić information content (AvgIpc) is 3.25. The minimum Gasteiger partial charge on any atom is -0.550 e. The van der Waals surface area contributed by atoms with Crippen LogP contribution in [0.2, 0.25) is 0 Å². The summed E-state index contributed by atoms with van der Waals surface area (Å²) in [7, 11) is 0. The summed E-state index contributed by atoms with van der Waals surface area (Å²) in [5.41, 5.74) is 3.78. The van der Waals surface area contributed by atoms with Gasteiger partial charge < -0.3 is 19.7 Å². The van der Waals surface area contributed by atoms with E-state index in [4.69, 9.17) is 0 Å². The van der Waals surface area contributed by atoms with Crippen LogP contribution in [-0.2, 0) is 9.59 Å². The first-order valence-corrected chi connectivity index (χ1v) is 9.46. The number of anilines is 1. The topological polar surface area (TPSA) is 63.7 Å². The van der Waals surface area contributed by atoms with E-state index in [-0.39, 0.29) is 17.7 Å². The molecule has 2 fully saturated rings. The number of carbonyl (C=O) groups is 2. The van der Waals surface area contributed by atoms with E-state index in [0.717, 1.165) is 19.5 Å². The lowest BCUT2D eigenvalue weighted by Crippen LogP contribution is -2.53. The maximum atomic E-state index is 13.1. The van der Waals surface area contributed by atoms with Gasteiger partial charge in [-0.15, -0.1) is 0 Å². The fraction of sp³-hybridized carbons (Fsp3) is 0.524. The van der Waals surface area contributed by atoms with Gasteiger partial charge in [0, 0.05) is 43.8 Å². The number of hydrogen-bond donors (Lipinski definition) is 0. The zero-order chi connectivity index (χ0) is 18.4. The zero-order valence-electron chi connectivity index (χ0n) is 15.4. The standard InChI is InChI=1S/C21H26N2O3/c1-13-4-3-5-17(14(13)2)22-8-10-23(11-9-22)20(24)18-15-6-7-16(12-15)19(18)21(25)26/h3-7,15-16,18-19H,8-12H2,1-2H3,(H,25,26)/p-1. The van der Waals surface area contributed by atoms with Gasteiger partial charge in [0.05, 0.1) is 5.92 Å². The Labute approximate surface area is 154 Å². The summed E-state index contributed by atoms with van der Waals surface area (Å²) in [6, 6.07) is 6.31. The Morgan fingerprint density at radius 3 is 2.31 bits per heavy atom. The summed E-state index contributed by atoms with van der Waals surface area (Å²) < 4.78 is 0. The highest BCUT2D eigenvalue weighted by molar-refractivity contribution is 5.86. The maximum absolute atomic E-state index is 13.1. The summed E-state index contributed by atoms with van der Waals surface area (Å²) in [5, 5.41) is 11.6. The summed E-state index contributed by atoms with van der Waals surface area (Å²) >= 11 is 0. The van der Waals surface area contributed by atoms with Crippen molar-refractivity contribution >= 4 is 17.6 Å². The van der Waals surface area contributed by atoms with Gasteiger partial charge in [-0.3, -0.25) is 4.79 Å². The summed E-state index contributed by atoms with van der Waals surface area (Å²) in [6.07, 6.45) is 4.75. The first kappa shape index (κ1) is 17.1. The molecule has 2 aliphatic carbocycles. The molecule has 0 radical (unpaired) electrons. The molecule has 2 bridgehead atoms. The van der Waals surface area contributed by atoms with E-state index < -0.39 is 17.8 Å². The van der Waals surface area contributed by atoms with E-state index >= 15 is 0 Å². The average molecular weight is 353 g/mol. The molecule has 1 aromatic carbocycles. The Balaban J connectivity index is 1.45. The van der Waals surface area contributed by atoms with Gasteiger partial charge in [-0.1, -0.05) is 24.3 Å². The lowest BCUT2D eigenvalue weighted by Gasteiger charge is -2.40. The molecule has 4 atom stereocenters. The van der Waals surface area contributed by atoms with Crippen LogP contribution in [0.25, 0.3) is 0 Å². The minimum atomic E-state index is -1.07. The number of nitrogens with zero attached hydrogens (tertiary/aromatic N) is 2. The second-order valence-electron chi connectivity index (χ2n) is 7.85. The number of carbonyl (C=O) groups excluding carboxylic acids is 2. The van der Waals surface area contributed by atoms with Crippen molar-refractivity contribution in [3.8, 4) is 0 Å². The smallest absolute Gasteiger partial charge is 0.227 e. The summed E-state index contributed by atoms with van der Waals surface area (Å²) in [4.78, 5) is 28.8. The third kappa shape index (κ3) is 2.70. The number of benzene rings is 1. The third-order valence-corrected chi connectivity index (χ3v) is 6.52. The molecule has 1 amide bonds. The molecule has 138 valence electrons. The normalized spacial score (nSPS) is 30.1. The van der Waals surface area contributed by atoms with Gasteiger partial charge in [0.1, 0.15) is 0 Å². The van der Waals surface area contributed by atoms with E-state index in [1.807, 2.05) is 17.1 Å². The number of aliphatic carboxylic acids is 1. The Morgan fingerprint density at radius 1 is 1.00 bits per heavy atom. The zero-order valence-corrected chi connectivity index (χ0v) is 15.4. The first-order valence-electron chi connectivity index (χ1n) is 9.46. The second-order valence-corrected chi connectivity index (χ2v) is 7.85. The number of rotatable bonds is 3. The number of carboxylic acids is 1. The minimum absolute atomic E-state index is 0.00309. The molecule has 26 heavy (non-hydrogen) atoms. The Morgan fingerprint density at radius 2 is 1.65 bits per heavy atom. The van der Waals surface area contributed by atoms with Gasteiger partial charge >= 0.3 is 0 Å². The summed E-state index contributed by atoms with van der Waals surface area (Å²) in [5.74, 6) is -2.15. The number of aryl methyl sites for hydroxylation is 1. The molecule has 5 heteroatoms. The largest absolute Gasteiger partial charge is 0.550 e. The van der Waals surface area contributed by atoms with E-state index in [1.165, 1.54) is 16.8 Å². The van der Waals surface area contributed by atoms with Crippen molar-refractivity contribution in [3.63, 3.8) is 0 Å². The van der Waals surface area contributed by atoms with Crippen molar-refractivity contribution in [1.82, 2.24) is 4.90 Å². The molecule has 1 aliphatic heterocycles. The van der Waals surface area contributed by atoms with Crippen LogP contribution in [0.3, 0.4) is 0 Å². The van der Waals surface area contributed by atoms with Crippen molar-refractivity contribution in [2.45, 2.75) is 20.3 Å². The van der Waals surface area contributed by atoms with Gasteiger partial charge in [0.2, 0.25) is 5.91 Å². The van der Waals surface area contributed by atoms with Crippen LogP contribution in [0.1, 0.15) is 17.5 Å². The van der Waals surface area contributed by atoms with E-state index in [2.05, 4.69) is 36.9 Å². The predicted molar refractivity (Wildman–Crippen MR) is 97.4 cm³/mol. The molecule has 1 aromatic rings. The summed E-state index contributed by atoms with van der Waals surface area (Å²) in [6.45, 7) is 7.09. The highest BCUT2D eigenvalue weighted by Gasteiger charge is 2.50. The molecule has 4 rings (SSSR count). The lowest BCUT2D eigenvalue weighted by molar-refractivity contribution is -0.313. The molecule has 1 saturated heterocycles. The maximum Gasteiger partial charge on any atom is 0.227 e. The van der Waals surface area contributed by atoms with Crippen LogP contribution in [0.4, 0.5) is 5.69 Å². The van der Waals surface area contributed by atoms with E-state index in [0.29, 0.717) is 13.1 Å². The van der Waals surface area contributed by atoms with Crippen molar-refractivity contribution in [2.24, 2.45) is 23.7 Å².